The van der Waals surface area contributed by atoms with Crippen LogP contribution in [0.2, 0.25) is 5.02 Å². The number of halogens is 2. The van der Waals surface area contributed by atoms with Crippen molar-refractivity contribution in [2.24, 2.45) is 5.73 Å². The largest absolute Gasteiger partial charge is 0.366 e. The summed E-state index contributed by atoms with van der Waals surface area (Å²) in [5.41, 5.74) is 5.93. The van der Waals surface area contributed by atoms with E-state index in [0.29, 0.717) is 16.1 Å². The molecule has 0 aliphatic carbocycles. The molecular formula is C11H8ClFN2O. The van der Waals surface area contributed by atoms with E-state index in [4.69, 9.17) is 17.3 Å². The lowest BCUT2D eigenvalue weighted by molar-refractivity contribution is 0.1000. The molecule has 2 aromatic rings. The number of nitrogens with two attached hydrogens (primary N) is 1. The van der Waals surface area contributed by atoms with Gasteiger partial charge >= 0.3 is 0 Å². The molecule has 0 aliphatic heterocycles. The van der Waals surface area contributed by atoms with Crippen LogP contribution in [0, 0.1) is 12.7 Å². The number of hydrogen-bond acceptors (Lipinski definition) is 2. The number of amides is 1. The molecule has 16 heavy (non-hydrogen) atoms. The predicted molar refractivity (Wildman–Crippen MR) is 60.0 cm³/mol. The van der Waals surface area contributed by atoms with E-state index < -0.39 is 11.7 Å². The highest BCUT2D eigenvalue weighted by Gasteiger charge is 2.11. The minimum absolute atomic E-state index is 0.0811. The minimum atomic E-state index is -0.697. The van der Waals surface area contributed by atoms with E-state index >= 15 is 0 Å². The maximum atomic E-state index is 13.6. The molecule has 0 radical (unpaired) electrons. The summed E-state index contributed by atoms with van der Waals surface area (Å²) in [5.74, 6) is -1.30. The zero-order valence-corrected chi connectivity index (χ0v) is 9.18. The summed E-state index contributed by atoms with van der Waals surface area (Å²) in [4.78, 5) is 15.0. The average molecular weight is 239 g/mol. The van der Waals surface area contributed by atoms with E-state index in [-0.39, 0.29) is 11.1 Å². The van der Waals surface area contributed by atoms with Crippen molar-refractivity contribution in [2.75, 3.05) is 0 Å². The summed E-state index contributed by atoms with van der Waals surface area (Å²) in [6.07, 6.45) is 0. The summed E-state index contributed by atoms with van der Waals surface area (Å²) in [5, 5.41) is 0.741. The molecule has 3 nitrogen and oxygen atoms in total. The standard InChI is InChI=1S/C11H8ClFN2O/c1-5-2-8(12)7-3-6(11(14)16)4-9(13)10(7)15-5/h2-4H,1H3,(H2,14,16). The lowest BCUT2D eigenvalue weighted by atomic mass is 10.1. The van der Waals surface area contributed by atoms with Gasteiger partial charge < -0.3 is 5.73 Å². The number of nitrogens with zero attached hydrogens (tertiary/aromatic N) is 1. The van der Waals surface area contributed by atoms with Crippen LogP contribution in [0.5, 0.6) is 0 Å². The molecule has 0 saturated heterocycles. The Hall–Kier alpha value is -1.68. The molecule has 0 bridgehead atoms. The zero-order chi connectivity index (χ0) is 11.9. The molecule has 1 amide bonds. The smallest absolute Gasteiger partial charge is 0.248 e. The van der Waals surface area contributed by atoms with Gasteiger partial charge in [-0.1, -0.05) is 11.6 Å². The van der Waals surface area contributed by atoms with Gasteiger partial charge in [0.2, 0.25) is 5.91 Å². The van der Waals surface area contributed by atoms with Crippen molar-refractivity contribution in [1.29, 1.82) is 0 Å². The Kier molecular flexibility index (Phi) is 2.52. The van der Waals surface area contributed by atoms with Crippen LogP contribution in [0.25, 0.3) is 10.9 Å². The quantitative estimate of drug-likeness (QED) is 0.830. The Labute approximate surface area is 96.0 Å². The Bertz CT molecular complexity index is 598. The summed E-state index contributed by atoms with van der Waals surface area (Å²) in [6, 6.07) is 4.11. The van der Waals surface area contributed by atoms with E-state index in [2.05, 4.69) is 4.98 Å². The van der Waals surface area contributed by atoms with Crippen molar-refractivity contribution < 1.29 is 9.18 Å². The summed E-state index contributed by atoms with van der Waals surface area (Å²) in [7, 11) is 0. The number of rotatable bonds is 1. The molecule has 0 fully saturated rings. The van der Waals surface area contributed by atoms with Crippen LogP contribution in [0.15, 0.2) is 18.2 Å². The molecule has 5 heteroatoms. The van der Waals surface area contributed by atoms with E-state index in [1.807, 2.05) is 0 Å². The van der Waals surface area contributed by atoms with Crippen LogP contribution in [0.3, 0.4) is 0 Å². The Morgan fingerprint density at radius 3 is 2.75 bits per heavy atom. The van der Waals surface area contributed by atoms with Crippen LogP contribution in [0.4, 0.5) is 4.39 Å². The molecule has 2 rings (SSSR count). The van der Waals surface area contributed by atoms with Crippen molar-refractivity contribution >= 4 is 28.4 Å². The van der Waals surface area contributed by atoms with Crippen LogP contribution < -0.4 is 5.73 Å². The number of aromatic nitrogens is 1. The van der Waals surface area contributed by atoms with Gasteiger partial charge in [0.15, 0.2) is 0 Å². The highest BCUT2D eigenvalue weighted by molar-refractivity contribution is 6.35. The van der Waals surface area contributed by atoms with Crippen molar-refractivity contribution in [1.82, 2.24) is 4.98 Å². The van der Waals surface area contributed by atoms with E-state index in [1.165, 1.54) is 6.07 Å². The number of pyridine rings is 1. The van der Waals surface area contributed by atoms with Gasteiger partial charge in [0.1, 0.15) is 11.3 Å². The van der Waals surface area contributed by atoms with Gasteiger partial charge in [0.25, 0.3) is 0 Å². The Morgan fingerprint density at radius 1 is 1.44 bits per heavy atom. The van der Waals surface area contributed by atoms with E-state index in [9.17, 15) is 9.18 Å². The van der Waals surface area contributed by atoms with Gasteiger partial charge in [-0.15, -0.1) is 0 Å². The molecular weight excluding hydrogens is 231 g/mol. The number of primary amides is 1. The van der Waals surface area contributed by atoms with Crippen LogP contribution in [0.1, 0.15) is 16.1 Å². The van der Waals surface area contributed by atoms with Gasteiger partial charge in [0, 0.05) is 16.6 Å². The molecule has 2 N–H and O–H groups in total. The topological polar surface area (TPSA) is 56.0 Å². The fraction of sp³-hybridized carbons (Fsp3) is 0.0909. The number of benzene rings is 1. The molecule has 1 aromatic carbocycles. The van der Waals surface area contributed by atoms with Crippen LogP contribution >= 0.6 is 11.6 Å². The van der Waals surface area contributed by atoms with E-state index in [0.717, 1.165) is 6.07 Å². The highest BCUT2D eigenvalue weighted by Crippen LogP contribution is 2.26. The molecule has 0 aliphatic rings. The molecule has 0 atom stereocenters. The molecule has 82 valence electrons. The predicted octanol–water partition coefficient (Wildman–Crippen LogP) is 2.43. The average Bonchev–Trinajstić information content (AvgIpc) is 2.19. The van der Waals surface area contributed by atoms with Gasteiger partial charge in [-0.25, -0.2) is 9.37 Å². The first kappa shape index (κ1) is 10.8. The molecule has 1 aromatic heterocycles. The van der Waals surface area contributed by atoms with Crippen molar-refractivity contribution in [2.45, 2.75) is 6.92 Å². The summed E-state index contributed by atoms with van der Waals surface area (Å²) >= 11 is 5.95. The second-order valence-electron chi connectivity index (χ2n) is 3.46. The van der Waals surface area contributed by atoms with Crippen molar-refractivity contribution in [3.05, 3.63) is 40.3 Å². The van der Waals surface area contributed by atoms with E-state index in [1.54, 1.807) is 13.0 Å². The first-order valence-electron chi connectivity index (χ1n) is 4.55. The van der Waals surface area contributed by atoms with Crippen LogP contribution in [-0.2, 0) is 0 Å². The number of carbonyl (C=O) groups excluding carboxylic acids is 1. The second-order valence-corrected chi connectivity index (χ2v) is 3.87. The van der Waals surface area contributed by atoms with Crippen molar-refractivity contribution in [3.8, 4) is 0 Å². The number of hydrogen-bond donors (Lipinski definition) is 1. The Balaban J connectivity index is 2.87. The third kappa shape index (κ3) is 1.72. The Morgan fingerprint density at radius 2 is 2.12 bits per heavy atom. The molecule has 0 unspecified atom stereocenters. The first-order chi connectivity index (χ1) is 7.49. The van der Waals surface area contributed by atoms with Crippen LogP contribution in [-0.4, -0.2) is 10.9 Å². The molecule has 1 heterocycles. The zero-order valence-electron chi connectivity index (χ0n) is 8.42. The fourth-order valence-corrected chi connectivity index (χ4v) is 1.81. The van der Waals surface area contributed by atoms with Gasteiger partial charge in [-0.2, -0.15) is 0 Å². The van der Waals surface area contributed by atoms with Gasteiger partial charge in [-0.3, -0.25) is 4.79 Å². The molecule has 0 saturated carbocycles. The minimum Gasteiger partial charge on any atom is -0.366 e. The normalized spacial score (nSPS) is 10.7. The molecule has 0 spiro atoms. The number of fused-ring (bicyclic) bond motifs is 1. The monoisotopic (exact) mass is 238 g/mol. The lowest BCUT2D eigenvalue weighted by Gasteiger charge is -2.05. The third-order valence-corrected chi connectivity index (χ3v) is 2.54. The highest BCUT2D eigenvalue weighted by atomic mass is 35.5. The fourth-order valence-electron chi connectivity index (χ4n) is 1.51. The van der Waals surface area contributed by atoms with Gasteiger partial charge in [0.05, 0.1) is 5.02 Å². The maximum Gasteiger partial charge on any atom is 0.248 e. The van der Waals surface area contributed by atoms with Gasteiger partial charge in [-0.05, 0) is 25.1 Å². The third-order valence-electron chi connectivity index (χ3n) is 2.23. The maximum absolute atomic E-state index is 13.6. The second kappa shape index (κ2) is 3.72. The first-order valence-corrected chi connectivity index (χ1v) is 4.93. The lowest BCUT2D eigenvalue weighted by Crippen LogP contribution is -2.11. The number of aryl methyl sites for hydroxylation is 1. The summed E-state index contributed by atoms with van der Waals surface area (Å²) < 4.78 is 13.6. The number of carbonyl (C=O) groups is 1. The SMILES string of the molecule is Cc1cc(Cl)c2cc(C(N)=O)cc(F)c2n1. The van der Waals surface area contributed by atoms with Crippen molar-refractivity contribution in [3.63, 3.8) is 0 Å². The summed E-state index contributed by atoms with van der Waals surface area (Å²) in [6.45, 7) is 1.72.